The summed E-state index contributed by atoms with van der Waals surface area (Å²) in [6, 6.07) is 3.27. The third kappa shape index (κ3) is 2.75. The first kappa shape index (κ1) is 11.1. The van der Waals surface area contributed by atoms with Crippen LogP contribution in [0.15, 0.2) is 18.2 Å². The number of hydrogen-bond acceptors (Lipinski definition) is 2. The average Bonchev–Trinajstić information content (AvgIpc) is 2.17. The lowest BCUT2D eigenvalue weighted by molar-refractivity contribution is 0.149. The summed E-state index contributed by atoms with van der Waals surface area (Å²) in [5.41, 5.74) is 0.305. The minimum atomic E-state index is -0.642. The zero-order valence-corrected chi connectivity index (χ0v) is 7.58. The minimum absolute atomic E-state index is 0.207. The molecule has 0 aliphatic heterocycles. The van der Waals surface area contributed by atoms with Crippen molar-refractivity contribution in [3.63, 3.8) is 0 Å². The van der Waals surface area contributed by atoms with Crippen LogP contribution in [0.25, 0.3) is 0 Å². The van der Waals surface area contributed by atoms with E-state index in [-0.39, 0.29) is 19.6 Å². The van der Waals surface area contributed by atoms with E-state index in [1.807, 2.05) is 0 Å². The van der Waals surface area contributed by atoms with Crippen molar-refractivity contribution in [1.29, 1.82) is 0 Å². The summed E-state index contributed by atoms with van der Waals surface area (Å²) in [7, 11) is 0. The molecular formula is C10H12F2O2. The topological polar surface area (TPSA) is 40.5 Å². The molecule has 0 aliphatic carbocycles. The second-order valence-corrected chi connectivity index (χ2v) is 3.17. The summed E-state index contributed by atoms with van der Waals surface area (Å²) < 4.78 is 25.6. The van der Waals surface area contributed by atoms with Gasteiger partial charge >= 0.3 is 0 Å². The number of halogens is 2. The van der Waals surface area contributed by atoms with Gasteiger partial charge in [0.2, 0.25) is 0 Å². The molecule has 0 unspecified atom stereocenters. The van der Waals surface area contributed by atoms with Gasteiger partial charge in [-0.25, -0.2) is 8.78 Å². The number of benzene rings is 1. The fourth-order valence-electron chi connectivity index (χ4n) is 1.19. The highest BCUT2D eigenvalue weighted by atomic mass is 19.1. The van der Waals surface area contributed by atoms with Crippen LogP contribution in [0.4, 0.5) is 8.78 Å². The van der Waals surface area contributed by atoms with Crippen LogP contribution in [-0.2, 0) is 6.42 Å². The molecule has 2 N–H and O–H groups in total. The van der Waals surface area contributed by atoms with Gasteiger partial charge in [-0.2, -0.15) is 0 Å². The van der Waals surface area contributed by atoms with E-state index in [0.29, 0.717) is 5.56 Å². The molecule has 1 aromatic rings. The second-order valence-electron chi connectivity index (χ2n) is 3.17. The predicted octanol–water partition coefficient (Wildman–Crippen LogP) is 1.11. The molecule has 0 radical (unpaired) electrons. The molecule has 0 spiro atoms. The summed E-state index contributed by atoms with van der Waals surface area (Å²) in [4.78, 5) is 0. The molecule has 0 heterocycles. The molecule has 4 heteroatoms. The van der Waals surface area contributed by atoms with Crippen LogP contribution in [0.5, 0.6) is 0 Å². The van der Waals surface area contributed by atoms with E-state index in [1.54, 1.807) is 0 Å². The quantitative estimate of drug-likeness (QED) is 0.767. The summed E-state index contributed by atoms with van der Waals surface area (Å²) in [6.07, 6.45) is 0.207. The van der Waals surface area contributed by atoms with Crippen LogP contribution in [0.1, 0.15) is 5.56 Å². The molecule has 0 saturated carbocycles. The van der Waals surface area contributed by atoms with Crippen molar-refractivity contribution < 1.29 is 19.0 Å². The Balaban J connectivity index is 2.76. The van der Waals surface area contributed by atoms with Crippen LogP contribution >= 0.6 is 0 Å². The number of aliphatic hydroxyl groups is 2. The third-order valence-corrected chi connectivity index (χ3v) is 2.04. The minimum Gasteiger partial charge on any atom is -0.396 e. The van der Waals surface area contributed by atoms with Crippen LogP contribution in [0.3, 0.4) is 0 Å². The molecule has 78 valence electrons. The van der Waals surface area contributed by atoms with Gasteiger partial charge in [0.25, 0.3) is 0 Å². The number of aliphatic hydroxyl groups excluding tert-OH is 2. The first-order valence-corrected chi connectivity index (χ1v) is 4.33. The van der Waals surface area contributed by atoms with Crippen molar-refractivity contribution in [3.05, 3.63) is 35.4 Å². The number of hydrogen-bond donors (Lipinski definition) is 2. The number of rotatable bonds is 4. The van der Waals surface area contributed by atoms with E-state index < -0.39 is 17.6 Å². The van der Waals surface area contributed by atoms with Crippen molar-refractivity contribution in [2.75, 3.05) is 13.2 Å². The Morgan fingerprint density at radius 1 is 1.14 bits per heavy atom. The molecule has 0 bridgehead atoms. The highest BCUT2D eigenvalue weighted by Crippen LogP contribution is 2.13. The summed E-state index contributed by atoms with van der Waals surface area (Å²) >= 11 is 0. The smallest absolute Gasteiger partial charge is 0.129 e. The highest BCUT2D eigenvalue weighted by Gasteiger charge is 2.10. The summed E-state index contributed by atoms with van der Waals surface area (Å²) in [5, 5.41) is 17.6. The Labute approximate surface area is 80.8 Å². The van der Waals surface area contributed by atoms with Gasteiger partial charge in [0.05, 0.1) is 0 Å². The molecule has 0 aromatic heterocycles. The average molecular weight is 202 g/mol. The van der Waals surface area contributed by atoms with Crippen molar-refractivity contribution in [1.82, 2.24) is 0 Å². The van der Waals surface area contributed by atoms with Gasteiger partial charge in [0.15, 0.2) is 0 Å². The van der Waals surface area contributed by atoms with E-state index >= 15 is 0 Å². The Kier molecular flexibility index (Phi) is 3.98. The van der Waals surface area contributed by atoms with Crippen molar-refractivity contribution in [2.24, 2.45) is 5.92 Å². The van der Waals surface area contributed by atoms with Gasteiger partial charge in [0.1, 0.15) is 11.6 Å². The third-order valence-electron chi connectivity index (χ3n) is 2.04. The lowest BCUT2D eigenvalue weighted by Gasteiger charge is -2.10. The first-order chi connectivity index (χ1) is 6.67. The molecular weight excluding hydrogens is 190 g/mol. The fraction of sp³-hybridized carbons (Fsp3) is 0.400. The van der Waals surface area contributed by atoms with Crippen LogP contribution in [0, 0.1) is 17.6 Å². The van der Waals surface area contributed by atoms with E-state index in [4.69, 9.17) is 10.2 Å². The van der Waals surface area contributed by atoms with E-state index in [2.05, 4.69) is 0 Å². The molecule has 0 fully saturated rings. The first-order valence-electron chi connectivity index (χ1n) is 4.33. The Hall–Kier alpha value is -1.00. The standard InChI is InChI=1S/C10H12F2O2/c11-9-2-1-8(10(12)4-9)3-7(5-13)6-14/h1-2,4,7,13-14H,3,5-6H2. The Morgan fingerprint density at radius 2 is 1.79 bits per heavy atom. The maximum absolute atomic E-state index is 13.1. The molecule has 0 amide bonds. The molecule has 0 saturated heterocycles. The van der Waals surface area contributed by atoms with Gasteiger partial charge < -0.3 is 10.2 Å². The van der Waals surface area contributed by atoms with Gasteiger partial charge in [-0.1, -0.05) is 6.07 Å². The molecule has 1 aromatic carbocycles. The van der Waals surface area contributed by atoms with Gasteiger partial charge in [0, 0.05) is 25.2 Å². The maximum atomic E-state index is 13.1. The zero-order chi connectivity index (χ0) is 10.6. The van der Waals surface area contributed by atoms with Gasteiger partial charge in [-0.15, -0.1) is 0 Å². The van der Waals surface area contributed by atoms with E-state index in [0.717, 1.165) is 12.1 Å². The van der Waals surface area contributed by atoms with Gasteiger partial charge in [-0.3, -0.25) is 0 Å². The van der Waals surface area contributed by atoms with E-state index in [1.165, 1.54) is 6.07 Å². The predicted molar refractivity (Wildman–Crippen MR) is 47.7 cm³/mol. The molecule has 1 rings (SSSR count). The SMILES string of the molecule is OCC(CO)Cc1ccc(F)cc1F. The maximum Gasteiger partial charge on any atom is 0.129 e. The lowest BCUT2D eigenvalue weighted by atomic mass is 10.0. The normalized spacial score (nSPS) is 10.9. The van der Waals surface area contributed by atoms with E-state index in [9.17, 15) is 8.78 Å². The summed E-state index contributed by atoms with van der Waals surface area (Å²) in [6.45, 7) is -0.430. The van der Waals surface area contributed by atoms with Crippen molar-refractivity contribution in [3.8, 4) is 0 Å². The van der Waals surface area contributed by atoms with Gasteiger partial charge in [-0.05, 0) is 18.1 Å². The molecule has 14 heavy (non-hydrogen) atoms. The van der Waals surface area contributed by atoms with Crippen LogP contribution in [0.2, 0.25) is 0 Å². The summed E-state index contributed by atoms with van der Waals surface area (Å²) in [5.74, 6) is -1.66. The molecule has 2 nitrogen and oxygen atoms in total. The van der Waals surface area contributed by atoms with Crippen molar-refractivity contribution in [2.45, 2.75) is 6.42 Å². The second kappa shape index (κ2) is 5.02. The molecule has 0 atom stereocenters. The largest absolute Gasteiger partial charge is 0.396 e. The Morgan fingerprint density at radius 3 is 2.29 bits per heavy atom. The fourth-order valence-corrected chi connectivity index (χ4v) is 1.19. The molecule has 0 aliphatic rings. The highest BCUT2D eigenvalue weighted by molar-refractivity contribution is 5.19. The zero-order valence-electron chi connectivity index (χ0n) is 7.58. The van der Waals surface area contributed by atoms with Crippen LogP contribution in [-0.4, -0.2) is 23.4 Å². The monoisotopic (exact) mass is 202 g/mol. The van der Waals surface area contributed by atoms with Crippen LogP contribution < -0.4 is 0 Å². The lowest BCUT2D eigenvalue weighted by Crippen LogP contribution is -2.14. The van der Waals surface area contributed by atoms with Crippen molar-refractivity contribution >= 4 is 0 Å². The Bertz CT molecular complexity index is 298.